The summed E-state index contributed by atoms with van der Waals surface area (Å²) in [6, 6.07) is 8.35. The van der Waals surface area contributed by atoms with Crippen molar-refractivity contribution in [2.45, 2.75) is 51.9 Å². The van der Waals surface area contributed by atoms with E-state index in [2.05, 4.69) is 52.1 Å². The van der Waals surface area contributed by atoms with Crippen molar-refractivity contribution in [3.63, 3.8) is 0 Å². The van der Waals surface area contributed by atoms with Gasteiger partial charge in [0.1, 0.15) is 5.82 Å². The Morgan fingerprint density at radius 2 is 1.83 bits per heavy atom. The van der Waals surface area contributed by atoms with E-state index in [0.29, 0.717) is 17.5 Å². The molecule has 2 rings (SSSR count). The van der Waals surface area contributed by atoms with Crippen LogP contribution in [0.1, 0.15) is 37.7 Å². The summed E-state index contributed by atoms with van der Waals surface area (Å²) in [5, 5.41) is 11.9. The molecule has 2 aromatic rings. The molecular formula is C17H25N5OS. The molecule has 1 aromatic carbocycles. The number of carbonyl (C=O) groups excluding carboxylic acids is 1. The highest BCUT2D eigenvalue weighted by Gasteiger charge is 2.16. The van der Waals surface area contributed by atoms with Crippen LogP contribution in [-0.4, -0.2) is 32.1 Å². The maximum absolute atomic E-state index is 12.0. The highest BCUT2D eigenvalue weighted by molar-refractivity contribution is 7.99. The molecule has 24 heavy (non-hydrogen) atoms. The smallest absolute Gasteiger partial charge is 0.230 e. The van der Waals surface area contributed by atoms with E-state index >= 15 is 0 Å². The number of amides is 1. The summed E-state index contributed by atoms with van der Waals surface area (Å²) < 4.78 is 1.83. The molecule has 0 unspecified atom stereocenters. The van der Waals surface area contributed by atoms with E-state index in [1.54, 1.807) is 0 Å². The standard InChI is InChI=1S/C17H25N5OS/c1-12-6-8-14(9-7-12)10-18-22-13(2)20-21-16(22)24-11-15(23)19-17(3,4)5/h6-9,18H,10-11H2,1-5H3,(H,19,23). The minimum Gasteiger partial charge on any atom is -0.351 e. The molecule has 1 amide bonds. The highest BCUT2D eigenvalue weighted by atomic mass is 32.2. The highest BCUT2D eigenvalue weighted by Crippen LogP contribution is 2.16. The van der Waals surface area contributed by atoms with Crippen LogP contribution < -0.4 is 10.7 Å². The molecule has 0 radical (unpaired) electrons. The van der Waals surface area contributed by atoms with Gasteiger partial charge in [0.2, 0.25) is 11.1 Å². The quantitative estimate of drug-likeness (QED) is 0.786. The summed E-state index contributed by atoms with van der Waals surface area (Å²) in [5.74, 6) is 1.06. The summed E-state index contributed by atoms with van der Waals surface area (Å²) in [5.41, 5.74) is 5.49. The van der Waals surface area contributed by atoms with Crippen LogP contribution in [-0.2, 0) is 11.3 Å². The molecule has 0 aliphatic heterocycles. The molecule has 0 aliphatic rings. The minimum absolute atomic E-state index is 0.0155. The Balaban J connectivity index is 1.95. The van der Waals surface area contributed by atoms with Crippen molar-refractivity contribution in [3.05, 3.63) is 41.2 Å². The SMILES string of the molecule is Cc1ccc(CNn2c(C)nnc2SCC(=O)NC(C)(C)C)cc1. The fourth-order valence-corrected chi connectivity index (χ4v) is 2.84. The zero-order valence-corrected chi connectivity index (χ0v) is 15.7. The molecule has 1 aromatic heterocycles. The number of rotatable bonds is 6. The fourth-order valence-electron chi connectivity index (χ4n) is 2.08. The summed E-state index contributed by atoms with van der Waals surface area (Å²) in [6.07, 6.45) is 0. The maximum Gasteiger partial charge on any atom is 0.230 e. The zero-order valence-electron chi connectivity index (χ0n) is 14.9. The molecule has 7 heteroatoms. The van der Waals surface area contributed by atoms with Crippen molar-refractivity contribution in [3.8, 4) is 0 Å². The summed E-state index contributed by atoms with van der Waals surface area (Å²) in [6.45, 7) is 10.5. The van der Waals surface area contributed by atoms with Crippen LogP contribution in [0.3, 0.4) is 0 Å². The van der Waals surface area contributed by atoms with Crippen molar-refractivity contribution in [2.75, 3.05) is 11.2 Å². The van der Waals surface area contributed by atoms with Gasteiger partial charge in [-0.2, -0.15) is 0 Å². The number of aryl methyl sites for hydroxylation is 2. The van der Waals surface area contributed by atoms with E-state index in [9.17, 15) is 4.79 Å². The lowest BCUT2D eigenvalue weighted by Gasteiger charge is -2.20. The van der Waals surface area contributed by atoms with Gasteiger partial charge in [0.05, 0.1) is 12.3 Å². The second kappa shape index (κ2) is 7.70. The van der Waals surface area contributed by atoms with Crippen LogP contribution in [0.4, 0.5) is 0 Å². The summed E-state index contributed by atoms with van der Waals surface area (Å²) in [7, 11) is 0. The molecule has 2 N–H and O–H groups in total. The number of benzene rings is 1. The van der Waals surface area contributed by atoms with Crippen LogP contribution in [0, 0.1) is 13.8 Å². The minimum atomic E-state index is -0.231. The topological polar surface area (TPSA) is 71.8 Å². The fraction of sp³-hybridized carbons (Fsp3) is 0.471. The first kappa shape index (κ1) is 18.3. The summed E-state index contributed by atoms with van der Waals surface area (Å²) >= 11 is 1.37. The Morgan fingerprint density at radius 3 is 2.46 bits per heavy atom. The van der Waals surface area contributed by atoms with E-state index in [1.165, 1.54) is 22.9 Å². The van der Waals surface area contributed by atoms with Crippen LogP contribution in [0.5, 0.6) is 0 Å². The number of carbonyl (C=O) groups is 1. The molecule has 0 fully saturated rings. The number of hydrogen-bond donors (Lipinski definition) is 2. The number of aromatic nitrogens is 3. The van der Waals surface area contributed by atoms with Gasteiger partial charge in [-0.05, 0) is 40.2 Å². The Hall–Kier alpha value is -2.02. The van der Waals surface area contributed by atoms with Crippen molar-refractivity contribution < 1.29 is 4.79 Å². The van der Waals surface area contributed by atoms with E-state index in [4.69, 9.17) is 0 Å². The molecule has 130 valence electrons. The molecule has 0 saturated carbocycles. The van der Waals surface area contributed by atoms with E-state index < -0.39 is 0 Å². The van der Waals surface area contributed by atoms with Crippen molar-refractivity contribution >= 4 is 17.7 Å². The third kappa shape index (κ3) is 5.56. The Bertz CT molecular complexity index is 688. The molecule has 0 spiro atoms. The first-order chi connectivity index (χ1) is 11.2. The van der Waals surface area contributed by atoms with Gasteiger partial charge >= 0.3 is 0 Å². The lowest BCUT2D eigenvalue weighted by molar-refractivity contribution is -0.119. The predicted octanol–water partition coefficient (Wildman–Crippen LogP) is 2.65. The van der Waals surface area contributed by atoms with Gasteiger partial charge in [-0.3, -0.25) is 4.79 Å². The first-order valence-electron chi connectivity index (χ1n) is 7.90. The van der Waals surface area contributed by atoms with Crippen LogP contribution >= 0.6 is 11.8 Å². The Kier molecular flexibility index (Phi) is 5.88. The monoisotopic (exact) mass is 347 g/mol. The van der Waals surface area contributed by atoms with Gasteiger partial charge < -0.3 is 10.7 Å². The summed E-state index contributed by atoms with van der Waals surface area (Å²) in [4.78, 5) is 12.0. The molecular weight excluding hydrogens is 322 g/mol. The van der Waals surface area contributed by atoms with Crippen LogP contribution in [0.15, 0.2) is 29.4 Å². The predicted molar refractivity (Wildman–Crippen MR) is 97.6 cm³/mol. The van der Waals surface area contributed by atoms with Gasteiger partial charge in [-0.1, -0.05) is 41.6 Å². The van der Waals surface area contributed by atoms with E-state index in [1.807, 2.05) is 32.4 Å². The third-order valence-electron chi connectivity index (χ3n) is 3.20. The number of thioether (sulfide) groups is 1. The van der Waals surface area contributed by atoms with E-state index in [-0.39, 0.29) is 11.4 Å². The molecule has 6 nitrogen and oxygen atoms in total. The lowest BCUT2D eigenvalue weighted by atomic mass is 10.1. The normalized spacial score (nSPS) is 11.4. The number of nitrogens with one attached hydrogen (secondary N) is 2. The van der Waals surface area contributed by atoms with Gasteiger partial charge in [0, 0.05) is 5.54 Å². The molecule has 0 aliphatic carbocycles. The molecule has 0 saturated heterocycles. The average Bonchev–Trinajstić information content (AvgIpc) is 2.83. The second-order valence-corrected chi connectivity index (χ2v) is 7.72. The van der Waals surface area contributed by atoms with Crippen molar-refractivity contribution in [1.29, 1.82) is 0 Å². The van der Waals surface area contributed by atoms with Gasteiger partial charge in [-0.15, -0.1) is 10.2 Å². The number of nitrogens with zero attached hydrogens (tertiary/aromatic N) is 3. The zero-order chi connectivity index (χ0) is 17.7. The molecule has 0 bridgehead atoms. The second-order valence-electron chi connectivity index (χ2n) is 6.77. The largest absolute Gasteiger partial charge is 0.351 e. The Labute approximate surface area is 147 Å². The Morgan fingerprint density at radius 1 is 1.17 bits per heavy atom. The first-order valence-corrected chi connectivity index (χ1v) is 8.88. The van der Waals surface area contributed by atoms with Crippen molar-refractivity contribution in [2.24, 2.45) is 0 Å². The molecule has 1 heterocycles. The average molecular weight is 347 g/mol. The van der Waals surface area contributed by atoms with Crippen LogP contribution in [0.2, 0.25) is 0 Å². The van der Waals surface area contributed by atoms with Crippen LogP contribution in [0.25, 0.3) is 0 Å². The lowest BCUT2D eigenvalue weighted by Crippen LogP contribution is -2.41. The van der Waals surface area contributed by atoms with Gasteiger partial charge in [0.15, 0.2) is 0 Å². The van der Waals surface area contributed by atoms with Gasteiger partial charge in [-0.25, -0.2) is 4.68 Å². The van der Waals surface area contributed by atoms with Gasteiger partial charge in [0.25, 0.3) is 0 Å². The van der Waals surface area contributed by atoms with Crippen molar-refractivity contribution in [1.82, 2.24) is 20.2 Å². The number of hydrogen-bond acceptors (Lipinski definition) is 5. The third-order valence-corrected chi connectivity index (χ3v) is 4.13. The maximum atomic E-state index is 12.0. The van der Waals surface area contributed by atoms with E-state index in [0.717, 1.165) is 5.82 Å². The molecule has 0 atom stereocenters.